The molecule has 1 unspecified atom stereocenters. The van der Waals surface area contributed by atoms with Gasteiger partial charge in [-0.3, -0.25) is 10.00 Å². The number of fused-ring (bicyclic) bond motifs is 1. The van der Waals surface area contributed by atoms with Crippen LogP contribution in [-0.4, -0.2) is 50.7 Å². The molecule has 1 saturated heterocycles. The van der Waals surface area contributed by atoms with Crippen molar-refractivity contribution in [2.24, 2.45) is 0 Å². The normalized spacial score (nSPS) is 18.8. The summed E-state index contributed by atoms with van der Waals surface area (Å²) in [7, 11) is 0. The van der Waals surface area contributed by atoms with E-state index in [-0.39, 0.29) is 6.04 Å². The Labute approximate surface area is 143 Å². The van der Waals surface area contributed by atoms with Crippen molar-refractivity contribution >= 4 is 16.9 Å². The molecule has 6 nitrogen and oxygen atoms in total. The maximum atomic E-state index is 13.4. The molecule has 0 radical (unpaired) electrons. The van der Waals surface area contributed by atoms with Gasteiger partial charge in [0, 0.05) is 38.3 Å². The average Bonchev–Trinajstić information content (AvgIpc) is 3.04. The summed E-state index contributed by atoms with van der Waals surface area (Å²) < 4.78 is 26.8. The number of aromatic amines is 1. The van der Waals surface area contributed by atoms with Crippen LogP contribution in [0.1, 0.15) is 12.5 Å². The minimum absolute atomic E-state index is 0.219. The molecule has 0 aliphatic carbocycles. The molecular weight excluding hydrogens is 326 g/mol. The maximum Gasteiger partial charge on any atom is 0.160 e. The van der Waals surface area contributed by atoms with E-state index in [1.54, 1.807) is 6.20 Å². The van der Waals surface area contributed by atoms with Crippen molar-refractivity contribution in [3.8, 4) is 0 Å². The van der Waals surface area contributed by atoms with Gasteiger partial charge in [-0.1, -0.05) is 0 Å². The van der Waals surface area contributed by atoms with Crippen molar-refractivity contribution in [2.75, 3.05) is 24.5 Å². The van der Waals surface area contributed by atoms with Gasteiger partial charge < -0.3 is 4.90 Å². The zero-order valence-electron chi connectivity index (χ0n) is 13.8. The van der Waals surface area contributed by atoms with E-state index in [1.807, 2.05) is 0 Å². The predicted octanol–water partition coefficient (Wildman–Crippen LogP) is 2.34. The van der Waals surface area contributed by atoms with Gasteiger partial charge in [0.2, 0.25) is 0 Å². The molecule has 1 atom stereocenters. The average molecular weight is 344 g/mol. The van der Waals surface area contributed by atoms with Gasteiger partial charge in [-0.15, -0.1) is 0 Å². The minimum atomic E-state index is -0.537. The van der Waals surface area contributed by atoms with Gasteiger partial charge in [-0.05, 0) is 24.6 Å². The van der Waals surface area contributed by atoms with Crippen LogP contribution in [0.3, 0.4) is 0 Å². The molecule has 1 aromatic carbocycles. The van der Waals surface area contributed by atoms with Crippen LogP contribution < -0.4 is 4.90 Å². The summed E-state index contributed by atoms with van der Waals surface area (Å²) in [6, 6.07) is 3.90. The fraction of sp³-hybridized carbons (Fsp3) is 0.353. The summed E-state index contributed by atoms with van der Waals surface area (Å²) in [6.07, 6.45) is 3.26. The number of H-pyrrole nitrogens is 1. The molecule has 0 spiro atoms. The van der Waals surface area contributed by atoms with Gasteiger partial charge in [-0.2, -0.15) is 5.10 Å². The lowest BCUT2D eigenvalue weighted by Gasteiger charge is -2.40. The predicted molar refractivity (Wildman–Crippen MR) is 90.1 cm³/mol. The van der Waals surface area contributed by atoms with E-state index in [0.717, 1.165) is 42.6 Å². The molecule has 2 aromatic heterocycles. The standard InChI is InChI=1S/C17H18F2N6/c1-11-8-25(17-15-7-22-23-16(15)20-10-21-17)3-2-24(11)9-12-4-13(18)6-14(19)5-12/h4-7,10-11H,2-3,8-9H2,1H3,(H,20,21,22,23). The third-order valence-electron chi connectivity index (χ3n) is 4.60. The largest absolute Gasteiger partial charge is 0.353 e. The third kappa shape index (κ3) is 3.17. The van der Waals surface area contributed by atoms with Crippen LogP contribution in [0.4, 0.5) is 14.6 Å². The van der Waals surface area contributed by atoms with Crippen LogP contribution >= 0.6 is 0 Å². The van der Waals surface area contributed by atoms with E-state index in [0.29, 0.717) is 12.1 Å². The van der Waals surface area contributed by atoms with E-state index < -0.39 is 11.6 Å². The summed E-state index contributed by atoms with van der Waals surface area (Å²) in [5.74, 6) is -0.212. The van der Waals surface area contributed by atoms with Gasteiger partial charge in [0.1, 0.15) is 23.8 Å². The molecule has 1 fully saturated rings. The number of nitrogens with one attached hydrogen (secondary N) is 1. The number of piperazine rings is 1. The summed E-state index contributed by atoms with van der Waals surface area (Å²) >= 11 is 0. The number of anilines is 1. The highest BCUT2D eigenvalue weighted by atomic mass is 19.1. The molecule has 0 bridgehead atoms. The van der Waals surface area contributed by atoms with Crippen molar-refractivity contribution in [3.05, 3.63) is 47.9 Å². The lowest BCUT2D eigenvalue weighted by atomic mass is 10.1. The van der Waals surface area contributed by atoms with Crippen LogP contribution in [0, 0.1) is 11.6 Å². The van der Waals surface area contributed by atoms with E-state index >= 15 is 0 Å². The van der Waals surface area contributed by atoms with E-state index in [4.69, 9.17) is 0 Å². The number of hydrogen-bond acceptors (Lipinski definition) is 5. The van der Waals surface area contributed by atoms with Crippen LogP contribution in [0.5, 0.6) is 0 Å². The second-order valence-corrected chi connectivity index (χ2v) is 6.37. The van der Waals surface area contributed by atoms with Crippen LogP contribution in [0.2, 0.25) is 0 Å². The molecule has 1 aliphatic heterocycles. The lowest BCUT2D eigenvalue weighted by Crippen LogP contribution is -2.51. The molecule has 0 amide bonds. The Morgan fingerprint density at radius 2 is 1.96 bits per heavy atom. The Balaban J connectivity index is 1.49. The Morgan fingerprint density at radius 3 is 2.72 bits per heavy atom. The van der Waals surface area contributed by atoms with E-state index in [2.05, 4.69) is 36.9 Å². The monoisotopic (exact) mass is 344 g/mol. The van der Waals surface area contributed by atoms with Gasteiger partial charge in [0.05, 0.1) is 11.6 Å². The molecule has 8 heteroatoms. The Morgan fingerprint density at radius 1 is 1.16 bits per heavy atom. The van der Waals surface area contributed by atoms with Crippen molar-refractivity contribution in [3.63, 3.8) is 0 Å². The van der Waals surface area contributed by atoms with E-state index in [9.17, 15) is 8.78 Å². The fourth-order valence-electron chi connectivity index (χ4n) is 3.36. The summed E-state index contributed by atoms with van der Waals surface area (Å²) in [5, 5.41) is 7.78. The molecule has 1 N–H and O–H groups in total. The Bertz CT molecular complexity index is 875. The number of nitrogens with zero attached hydrogens (tertiary/aromatic N) is 5. The highest BCUT2D eigenvalue weighted by Gasteiger charge is 2.26. The van der Waals surface area contributed by atoms with Crippen molar-refractivity contribution in [1.29, 1.82) is 0 Å². The minimum Gasteiger partial charge on any atom is -0.353 e. The second-order valence-electron chi connectivity index (χ2n) is 6.37. The first-order valence-electron chi connectivity index (χ1n) is 8.18. The van der Waals surface area contributed by atoms with Crippen LogP contribution in [0.25, 0.3) is 11.0 Å². The van der Waals surface area contributed by atoms with Crippen LogP contribution in [0.15, 0.2) is 30.7 Å². The van der Waals surface area contributed by atoms with Gasteiger partial charge in [0.25, 0.3) is 0 Å². The summed E-state index contributed by atoms with van der Waals surface area (Å²) in [6.45, 7) is 4.96. The van der Waals surface area contributed by atoms with Gasteiger partial charge in [-0.25, -0.2) is 18.7 Å². The molecular formula is C17H18F2N6. The molecule has 25 heavy (non-hydrogen) atoms. The van der Waals surface area contributed by atoms with Crippen molar-refractivity contribution in [1.82, 2.24) is 25.1 Å². The number of rotatable bonds is 3. The highest BCUT2D eigenvalue weighted by Crippen LogP contribution is 2.24. The smallest absolute Gasteiger partial charge is 0.160 e. The summed E-state index contributed by atoms with van der Waals surface area (Å²) in [4.78, 5) is 13.0. The fourth-order valence-corrected chi connectivity index (χ4v) is 3.36. The Hall–Kier alpha value is -2.61. The Kier molecular flexibility index (Phi) is 4.04. The maximum absolute atomic E-state index is 13.4. The molecule has 0 saturated carbocycles. The third-order valence-corrected chi connectivity index (χ3v) is 4.60. The first kappa shape index (κ1) is 15.9. The number of benzene rings is 1. The zero-order chi connectivity index (χ0) is 17.4. The number of halogens is 2. The molecule has 1 aliphatic rings. The number of aromatic nitrogens is 4. The van der Waals surface area contributed by atoms with Crippen molar-refractivity contribution < 1.29 is 8.78 Å². The van der Waals surface area contributed by atoms with Gasteiger partial charge in [0.15, 0.2) is 5.65 Å². The summed E-state index contributed by atoms with van der Waals surface area (Å²) in [5.41, 5.74) is 1.37. The molecule has 4 rings (SSSR count). The SMILES string of the molecule is CC1CN(c2ncnc3[nH]ncc23)CCN1Cc1cc(F)cc(F)c1. The second kappa shape index (κ2) is 6.36. The van der Waals surface area contributed by atoms with E-state index in [1.165, 1.54) is 18.5 Å². The molecule has 130 valence electrons. The first-order valence-corrected chi connectivity index (χ1v) is 8.18. The topological polar surface area (TPSA) is 60.9 Å². The molecule has 3 heterocycles. The quantitative estimate of drug-likeness (QED) is 0.790. The van der Waals surface area contributed by atoms with Crippen molar-refractivity contribution in [2.45, 2.75) is 19.5 Å². The zero-order valence-corrected chi connectivity index (χ0v) is 13.8. The first-order chi connectivity index (χ1) is 12.1. The molecule has 3 aromatic rings. The van der Waals surface area contributed by atoms with Gasteiger partial charge >= 0.3 is 0 Å². The number of hydrogen-bond donors (Lipinski definition) is 1. The highest BCUT2D eigenvalue weighted by molar-refractivity contribution is 5.86. The van der Waals surface area contributed by atoms with Crippen LogP contribution in [-0.2, 0) is 6.54 Å². The lowest BCUT2D eigenvalue weighted by molar-refractivity contribution is 0.180.